The maximum Gasteiger partial charge on any atom is 0.144 e. The van der Waals surface area contributed by atoms with Gasteiger partial charge in [0.15, 0.2) is 0 Å². The maximum absolute atomic E-state index is 6.01. The Bertz CT molecular complexity index is 601. The lowest BCUT2D eigenvalue weighted by Gasteiger charge is -2.16. The Morgan fingerprint density at radius 2 is 2.00 bits per heavy atom. The Balaban J connectivity index is 2.03. The number of hydrogen-bond donors (Lipinski definition) is 1. The molecule has 0 aliphatic carbocycles. The average molecular weight is 305 g/mol. The smallest absolute Gasteiger partial charge is 0.144 e. The highest BCUT2D eigenvalue weighted by Gasteiger charge is 2.07. The summed E-state index contributed by atoms with van der Waals surface area (Å²) in [6, 6.07) is 9.88. The molecule has 2 aromatic rings. The summed E-state index contributed by atoms with van der Waals surface area (Å²) in [4.78, 5) is 11.2. The van der Waals surface area contributed by atoms with Crippen LogP contribution in [0, 0.1) is 6.92 Å². The summed E-state index contributed by atoms with van der Waals surface area (Å²) in [7, 11) is 2.06. The molecule has 0 saturated heterocycles. The van der Waals surface area contributed by atoms with Crippen LogP contribution in [0.25, 0.3) is 0 Å². The van der Waals surface area contributed by atoms with Gasteiger partial charge in [-0.1, -0.05) is 23.7 Å². The third kappa shape index (κ3) is 4.99. The summed E-state index contributed by atoms with van der Waals surface area (Å²) in [6.07, 6.45) is 0. The predicted octanol–water partition coefficient (Wildman–Crippen LogP) is 3.50. The highest BCUT2D eigenvalue weighted by Crippen LogP contribution is 2.13. The first kappa shape index (κ1) is 15.7. The van der Waals surface area contributed by atoms with Crippen LogP contribution in [0.3, 0.4) is 0 Å². The number of rotatable bonds is 6. The molecule has 0 aliphatic heterocycles. The molecule has 0 saturated carbocycles. The second kappa shape index (κ2) is 7.38. The van der Waals surface area contributed by atoms with Crippen molar-refractivity contribution in [3.8, 4) is 0 Å². The van der Waals surface area contributed by atoms with Gasteiger partial charge in [-0.25, -0.2) is 9.97 Å². The third-order valence-electron chi connectivity index (χ3n) is 3.01. The Kier molecular flexibility index (Phi) is 5.53. The van der Waals surface area contributed by atoms with E-state index in [1.54, 1.807) is 0 Å². The van der Waals surface area contributed by atoms with Gasteiger partial charge in [-0.3, -0.25) is 4.90 Å². The lowest BCUT2D eigenvalue weighted by Crippen LogP contribution is -2.19. The third-order valence-corrected chi connectivity index (χ3v) is 3.25. The van der Waals surface area contributed by atoms with Crippen molar-refractivity contribution in [1.29, 1.82) is 0 Å². The molecular formula is C16H21ClN4. The minimum atomic E-state index is 0.701. The molecule has 112 valence electrons. The quantitative estimate of drug-likeness (QED) is 0.887. The number of nitrogens with zero attached hydrogens (tertiary/aromatic N) is 3. The van der Waals surface area contributed by atoms with Gasteiger partial charge in [0, 0.05) is 29.9 Å². The Labute approximate surface area is 131 Å². The fourth-order valence-corrected chi connectivity index (χ4v) is 2.43. The van der Waals surface area contributed by atoms with Crippen molar-refractivity contribution in [3.63, 3.8) is 0 Å². The first-order valence-corrected chi connectivity index (χ1v) is 7.46. The van der Waals surface area contributed by atoms with Gasteiger partial charge in [0.1, 0.15) is 11.6 Å². The fraction of sp³-hybridized carbons (Fsp3) is 0.375. The van der Waals surface area contributed by atoms with Gasteiger partial charge in [-0.05, 0) is 38.6 Å². The molecular weight excluding hydrogens is 284 g/mol. The summed E-state index contributed by atoms with van der Waals surface area (Å²) in [6.45, 7) is 6.42. The van der Waals surface area contributed by atoms with Crippen molar-refractivity contribution in [2.24, 2.45) is 0 Å². The van der Waals surface area contributed by atoms with Gasteiger partial charge in [0.05, 0.1) is 6.54 Å². The van der Waals surface area contributed by atoms with Crippen LogP contribution in [-0.4, -0.2) is 28.5 Å². The first-order chi connectivity index (χ1) is 10.1. The lowest BCUT2D eigenvalue weighted by atomic mass is 10.2. The number of benzene rings is 1. The van der Waals surface area contributed by atoms with Crippen LogP contribution >= 0.6 is 11.6 Å². The fourth-order valence-electron chi connectivity index (χ4n) is 2.22. The molecule has 0 aliphatic rings. The van der Waals surface area contributed by atoms with Crippen LogP contribution in [0.2, 0.25) is 5.02 Å². The van der Waals surface area contributed by atoms with Crippen molar-refractivity contribution in [2.45, 2.75) is 26.9 Å². The van der Waals surface area contributed by atoms with Gasteiger partial charge >= 0.3 is 0 Å². The van der Waals surface area contributed by atoms with Crippen LogP contribution in [0.4, 0.5) is 5.82 Å². The number of aromatic nitrogens is 2. The molecule has 0 spiro atoms. The predicted molar refractivity (Wildman–Crippen MR) is 87.6 cm³/mol. The molecule has 0 fully saturated rings. The molecule has 0 amide bonds. The van der Waals surface area contributed by atoms with Crippen LogP contribution < -0.4 is 5.32 Å². The summed E-state index contributed by atoms with van der Waals surface area (Å²) in [5, 5.41) is 4.00. The zero-order valence-electron chi connectivity index (χ0n) is 12.7. The molecule has 1 aromatic carbocycles. The molecule has 0 atom stereocenters. The van der Waals surface area contributed by atoms with Gasteiger partial charge < -0.3 is 5.32 Å². The maximum atomic E-state index is 6.01. The van der Waals surface area contributed by atoms with E-state index in [9.17, 15) is 0 Å². The molecule has 4 nitrogen and oxygen atoms in total. The average Bonchev–Trinajstić information content (AvgIpc) is 2.37. The summed E-state index contributed by atoms with van der Waals surface area (Å²) in [5.74, 6) is 1.71. The number of aryl methyl sites for hydroxylation is 1. The molecule has 0 radical (unpaired) electrons. The minimum absolute atomic E-state index is 0.701. The number of hydrogen-bond acceptors (Lipinski definition) is 4. The SMILES string of the molecule is CCNc1cc(C)nc(CN(C)Cc2cccc(Cl)c2)n1. The van der Waals surface area contributed by atoms with Crippen molar-refractivity contribution in [1.82, 2.24) is 14.9 Å². The molecule has 2 rings (SSSR count). The molecule has 0 bridgehead atoms. The Morgan fingerprint density at radius 1 is 1.19 bits per heavy atom. The Hall–Kier alpha value is -1.65. The highest BCUT2D eigenvalue weighted by molar-refractivity contribution is 6.30. The number of halogens is 1. The largest absolute Gasteiger partial charge is 0.370 e. The molecule has 21 heavy (non-hydrogen) atoms. The minimum Gasteiger partial charge on any atom is -0.370 e. The zero-order valence-corrected chi connectivity index (χ0v) is 13.5. The summed E-state index contributed by atoms with van der Waals surface area (Å²) < 4.78 is 0. The van der Waals surface area contributed by atoms with Gasteiger partial charge in [0.25, 0.3) is 0 Å². The topological polar surface area (TPSA) is 41.1 Å². The lowest BCUT2D eigenvalue weighted by molar-refractivity contribution is 0.310. The van der Waals surface area contributed by atoms with Crippen LogP contribution in [0.1, 0.15) is 24.0 Å². The van der Waals surface area contributed by atoms with Crippen LogP contribution in [-0.2, 0) is 13.1 Å². The monoisotopic (exact) mass is 304 g/mol. The van der Waals surface area contributed by atoms with E-state index in [2.05, 4.69) is 40.2 Å². The van der Waals surface area contributed by atoms with E-state index in [0.29, 0.717) is 6.54 Å². The van der Waals surface area contributed by atoms with Crippen molar-refractivity contribution < 1.29 is 0 Å². The van der Waals surface area contributed by atoms with E-state index in [1.807, 2.05) is 31.2 Å². The number of anilines is 1. The second-order valence-electron chi connectivity index (χ2n) is 5.14. The van der Waals surface area contributed by atoms with Crippen molar-refractivity contribution in [2.75, 3.05) is 18.9 Å². The Morgan fingerprint density at radius 3 is 2.71 bits per heavy atom. The first-order valence-electron chi connectivity index (χ1n) is 7.08. The molecule has 5 heteroatoms. The van der Waals surface area contributed by atoms with E-state index in [-0.39, 0.29) is 0 Å². The molecule has 0 unspecified atom stereocenters. The second-order valence-corrected chi connectivity index (χ2v) is 5.58. The molecule has 1 N–H and O–H groups in total. The molecule has 1 aromatic heterocycles. The van der Waals surface area contributed by atoms with E-state index in [1.165, 1.54) is 5.56 Å². The normalized spacial score (nSPS) is 10.9. The van der Waals surface area contributed by atoms with Gasteiger partial charge in [-0.2, -0.15) is 0 Å². The van der Waals surface area contributed by atoms with E-state index < -0.39 is 0 Å². The van der Waals surface area contributed by atoms with Gasteiger partial charge in [-0.15, -0.1) is 0 Å². The number of nitrogens with one attached hydrogen (secondary N) is 1. The summed E-state index contributed by atoms with van der Waals surface area (Å²) >= 11 is 6.01. The van der Waals surface area contributed by atoms with Gasteiger partial charge in [0.2, 0.25) is 0 Å². The van der Waals surface area contributed by atoms with E-state index in [0.717, 1.165) is 35.4 Å². The van der Waals surface area contributed by atoms with E-state index >= 15 is 0 Å². The molecule has 1 heterocycles. The van der Waals surface area contributed by atoms with Crippen molar-refractivity contribution in [3.05, 3.63) is 52.4 Å². The van der Waals surface area contributed by atoms with Crippen LogP contribution in [0.5, 0.6) is 0 Å². The van der Waals surface area contributed by atoms with Crippen molar-refractivity contribution >= 4 is 17.4 Å². The zero-order chi connectivity index (χ0) is 15.2. The summed E-state index contributed by atoms with van der Waals surface area (Å²) in [5.41, 5.74) is 2.16. The standard InChI is InChI=1S/C16H21ClN4/c1-4-18-15-8-12(2)19-16(20-15)11-21(3)10-13-6-5-7-14(17)9-13/h5-9H,4,10-11H2,1-3H3,(H,18,19,20). The van der Waals surface area contributed by atoms with Crippen LogP contribution in [0.15, 0.2) is 30.3 Å². The van der Waals surface area contributed by atoms with E-state index in [4.69, 9.17) is 11.6 Å². The highest BCUT2D eigenvalue weighted by atomic mass is 35.5.